The highest BCUT2D eigenvalue weighted by Gasteiger charge is 2.19. The van der Waals surface area contributed by atoms with Gasteiger partial charge in [0.15, 0.2) is 0 Å². The average Bonchev–Trinajstić information content (AvgIpc) is 2.39. The van der Waals surface area contributed by atoms with Crippen LogP contribution in [0.1, 0.15) is 19.4 Å². The molecule has 2 rings (SSSR count). The van der Waals surface area contributed by atoms with Gasteiger partial charge in [0.05, 0.1) is 11.5 Å². The standard InChI is InChI=1S/C14H13ClN4/c1-14(2,9-16)10-4-3-5-11(8-10)18-13-17-7-6-12(15)19-13/h3-8H,1-2H3,(H,17,18,19). The second-order valence-corrected chi connectivity index (χ2v) is 5.03. The number of rotatable bonds is 3. The molecule has 0 fully saturated rings. The minimum absolute atomic E-state index is 0.381. The summed E-state index contributed by atoms with van der Waals surface area (Å²) in [6.07, 6.45) is 1.58. The molecule has 1 N–H and O–H groups in total. The molecule has 1 aromatic heterocycles. The van der Waals surface area contributed by atoms with Gasteiger partial charge in [-0.05, 0) is 37.6 Å². The van der Waals surface area contributed by atoms with E-state index in [1.54, 1.807) is 12.3 Å². The van der Waals surface area contributed by atoms with Crippen molar-refractivity contribution in [1.29, 1.82) is 5.26 Å². The van der Waals surface area contributed by atoms with Crippen LogP contribution in [0.4, 0.5) is 11.6 Å². The van der Waals surface area contributed by atoms with E-state index in [2.05, 4.69) is 21.4 Å². The lowest BCUT2D eigenvalue weighted by Crippen LogP contribution is -2.13. The molecular weight excluding hydrogens is 260 g/mol. The molecule has 0 saturated carbocycles. The van der Waals surface area contributed by atoms with E-state index >= 15 is 0 Å². The van der Waals surface area contributed by atoms with Crippen molar-refractivity contribution in [2.45, 2.75) is 19.3 Å². The van der Waals surface area contributed by atoms with Crippen LogP contribution in [0.3, 0.4) is 0 Å². The Morgan fingerprint density at radius 2 is 2.11 bits per heavy atom. The Balaban J connectivity index is 2.28. The average molecular weight is 273 g/mol. The molecule has 5 heteroatoms. The largest absolute Gasteiger partial charge is 0.324 e. The number of hydrogen-bond donors (Lipinski definition) is 1. The molecule has 0 atom stereocenters. The minimum atomic E-state index is -0.535. The van der Waals surface area contributed by atoms with E-state index in [9.17, 15) is 0 Å². The van der Waals surface area contributed by atoms with Crippen molar-refractivity contribution >= 4 is 23.2 Å². The molecule has 0 unspecified atom stereocenters. The summed E-state index contributed by atoms with van der Waals surface area (Å²) in [6, 6.07) is 11.5. The van der Waals surface area contributed by atoms with Crippen LogP contribution in [-0.4, -0.2) is 9.97 Å². The molecule has 0 aliphatic rings. The molecule has 1 aromatic carbocycles. The Kier molecular flexibility index (Phi) is 3.68. The molecule has 0 saturated heterocycles. The van der Waals surface area contributed by atoms with E-state index in [-0.39, 0.29) is 0 Å². The molecule has 0 spiro atoms. The third kappa shape index (κ3) is 3.21. The van der Waals surface area contributed by atoms with Crippen LogP contribution >= 0.6 is 11.6 Å². The van der Waals surface area contributed by atoms with Crippen molar-refractivity contribution in [1.82, 2.24) is 9.97 Å². The Bertz CT molecular complexity index is 631. The van der Waals surface area contributed by atoms with Crippen molar-refractivity contribution in [3.63, 3.8) is 0 Å². The molecule has 2 aromatic rings. The van der Waals surface area contributed by atoms with Gasteiger partial charge in [-0.25, -0.2) is 9.97 Å². The van der Waals surface area contributed by atoms with Crippen LogP contribution < -0.4 is 5.32 Å². The van der Waals surface area contributed by atoms with Crippen LogP contribution in [0, 0.1) is 11.3 Å². The van der Waals surface area contributed by atoms with E-state index in [0.717, 1.165) is 11.3 Å². The summed E-state index contributed by atoms with van der Waals surface area (Å²) in [5.41, 5.74) is 1.22. The number of halogens is 1. The minimum Gasteiger partial charge on any atom is -0.324 e. The summed E-state index contributed by atoms with van der Waals surface area (Å²) in [7, 11) is 0. The van der Waals surface area contributed by atoms with Crippen molar-refractivity contribution < 1.29 is 0 Å². The van der Waals surface area contributed by atoms with Gasteiger partial charge in [-0.3, -0.25) is 0 Å². The number of nitrogens with one attached hydrogen (secondary N) is 1. The molecule has 0 bridgehead atoms. The molecule has 19 heavy (non-hydrogen) atoms. The van der Waals surface area contributed by atoms with Crippen LogP contribution in [0.2, 0.25) is 5.15 Å². The molecular formula is C14H13ClN4. The zero-order chi connectivity index (χ0) is 13.9. The van der Waals surface area contributed by atoms with Gasteiger partial charge in [-0.1, -0.05) is 23.7 Å². The first-order chi connectivity index (χ1) is 9.01. The number of hydrogen-bond acceptors (Lipinski definition) is 4. The first-order valence-corrected chi connectivity index (χ1v) is 6.16. The zero-order valence-electron chi connectivity index (χ0n) is 10.7. The summed E-state index contributed by atoms with van der Waals surface area (Å²) in [4.78, 5) is 8.13. The van der Waals surface area contributed by atoms with Gasteiger partial charge < -0.3 is 5.32 Å². The fourth-order valence-corrected chi connectivity index (χ4v) is 1.71. The zero-order valence-corrected chi connectivity index (χ0v) is 11.4. The first kappa shape index (κ1) is 13.3. The number of nitrogens with zero attached hydrogens (tertiary/aromatic N) is 3. The van der Waals surface area contributed by atoms with Crippen molar-refractivity contribution in [2.75, 3.05) is 5.32 Å². The first-order valence-electron chi connectivity index (χ1n) is 5.78. The lowest BCUT2D eigenvalue weighted by molar-refractivity contribution is 0.687. The highest BCUT2D eigenvalue weighted by atomic mass is 35.5. The van der Waals surface area contributed by atoms with Crippen LogP contribution in [-0.2, 0) is 5.41 Å². The monoisotopic (exact) mass is 272 g/mol. The SMILES string of the molecule is CC(C)(C#N)c1cccc(Nc2nccc(Cl)n2)c1. The van der Waals surface area contributed by atoms with E-state index < -0.39 is 5.41 Å². The normalized spacial score (nSPS) is 10.8. The second kappa shape index (κ2) is 5.25. The quantitative estimate of drug-likeness (QED) is 0.866. The second-order valence-electron chi connectivity index (χ2n) is 4.65. The lowest BCUT2D eigenvalue weighted by atomic mass is 9.86. The predicted octanol–water partition coefficient (Wildman–Crippen LogP) is 3.67. The molecule has 96 valence electrons. The van der Waals surface area contributed by atoms with Gasteiger partial charge in [-0.2, -0.15) is 5.26 Å². The summed E-state index contributed by atoms with van der Waals surface area (Å²) < 4.78 is 0. The van der Waals surface area contributed by atoms with Gasteiger partial charge in [0.25, 0.3) is 0 Å². The van der Waals surface area contributed by atoms with Gasteiger partial charge in [0.2, 0.25) is 5.95 Å². The van der Waals surface area contributed by atoms with Crippen LogP contribution in [0.15, 0.2) is 36.5 Å². The topological polar surface area (TPSA) is 61.6 Å². The molecule has 4 nitrogen and oxygen atoms in total. The fourth-order valence-electron chi connectivity index (χ4n) is 1.58. The maximum Gasteiger partial charge on any atom is 0.228 e. The molecule has 0 aliphatic carbocycles. The van der Waals surface area contributed by atoms with Gasteiger partial charge >= 0.3 is 0 Å². The summed E-state index contributed by atoms with van der Waals surface area (Å²) in [5.74, 6) is 0.430. The molecule has 0 aliphatic heterocycles. The lowest BCUT2D eigenvalue weighted by Gasteiger charge is -2.16. The van der Waals surface area contributed by atoms with E-state index in [0.29, 0.717) is 11.1 Å². The van der Waals surface area contributed by atoms with Crippen molar-refractivity contribution in [2.24, 2.45) is 0 Å². The molecule has 1 heterocycles. The van der Waals surface area contributed by atoms with Crippen LogP contribution in [0.5, 0.6) is 0 Å². The highest BCUT2D eigenvalue weighted by molar-refractivity contribution is 6.29. The van der Waals surface area contributed by atoms with E-state index in [4.69, 9.17) is 16.9 Å². The number of aromatic nitrogens is 2. The maximum atomic E-state index is 9.15. The number of nitriles is 1. The van der Waals surface area contributed by atoms with E-state index in [1.165, 1.54) is 0 Å². The fraction of sp³-hybridized carbons (Fsp3) is 0.214. The third-order valence-corrected chi connectivity index (χ3v) is 2.95. The number of benzene rings is 1. The third-order valence-electron chi connectivity index (χ3n) is 2.74. The number of anilines is 2. The summed E-state index contributed by atoms with van der Waals surface area (Å²) >= 11 is 5.80. The summed E-state index contributed by atoms with van der Waals surface area (Å²) in [6.45, 7) is 3.75. The van der Waals surface area contributed by atoms with Gasteiger partial charge in [0, 0.05) is 11.9 Å². The van der Waals surface area contributed by atoms with E-state index in [1.807, 2.05) is 38.1 Å². The highest BCUT2D eigenvalue weighted by Crippen LogP contribution is 2.25. The summed E-state index contributed by atoms with van der Waals surface area (Å²) in [5, 5.41) is 12.6. The Labute approximate surface area is 117 Å². The van der Waals surface area contributed by atoms with Gasteiger partial charge in [0.1, 0.15) is 5.15 Å². The predicted molar refractivity (Wildman–Crippen MR) is 75.4 cm³/mol. The maximum absolute atomic E-state index is 9.15. The van der Waals surface area contributed by atoms with Gasteiger partial charge in [-0.15, -0.1) is 0 Å². The molecule has 0 radical (unpaired) electrons. The van der Waals surface area contributed by atoms with Crippen molar-refractivity contribution in [3.8, 4) is 6.07 Å². The van der Waals surface area contributed by atoms with Crippen molar-refractivity contribution in [3.05, 3.63) is 47.2 Å². The Morgan fingerprint density at radius 1 is 1.32 bits per heavy atom. The smallest absolute Gasteiger partial charge is 0.228 e. The van der Waals surface area contributed by atoms with Crippen LogP contribution in [0.25, 0.3) is 0 Å². The molecule has 0 amide bonds. The Hall–Kier alpha value is -2.12. The Morgan fingerprint density at radius 3 is 2.79 bits per heavy atom.